The number of nitro groups is 1. The van der Waals surface area contributed by atoms with Crippen LogP contribution in [0.4, 0.5) is 5.69 Å². The lowest BCUT2D eigenvalue weighted by Crippen LogP contribution is -2.48. The molecule has 1 amide bonds. The Bertz CT molecular complexity index is 558. The van der Waals surface area contributed by atoms with Crippen LogP contribution in [0.1, 0.15) is 40.0 Å². The van der Waals surface area contributed by atoms with Gasteiger partial charge in [0.15, 0.2) is 6.10 Å². The smallest absolute Gasteiger partial charge is 0.269 e. The highest BCUT2D eigenvalue weighted by atomic mass is 16.6. The highest BCUT2D eigenvalue weighted by Crippen LogP contribution is 2.29. The Labute approximate surface area is 136 Å². The molecule has 0 spiro atoms. The van der Waals surface area contributed by atoms with Crippen LogP contribution >= 0.6 is 0 Å². The summed E-state index contributed by atoms with van der Waals surface area (Å²) in [6, 6.07) is 5.94. The van der Waals surface area contributed by atoms with Crippen molar-refractivity contribution in [3.63, 3.8) is 0 Å². The van der Waals surface area contributed by atoms with Crippen molar-refractivity contribution in [1.29, 1.82) is 0 Å². The minimum Gasteiger partial charge on any atom is -0.481 e. The van der Waals surface area contributed by atoms with Crippen molar-refractivity contribution < 1.29 is 14.5 Å². The van der Waals surface area contributed by atoms with Crippen LogP contribution in [-0.2, 0) is 4.79 Å². The van der Waals surface area contributed by atoms with Crippen molar-refractivity contribution in [2.45, 2.75) is 52.2 Å². The van der Waals surface area contributed by atoms with Gasteiger partial charge in [-0.2, -0.15) is 0 Å². The van der Waals surface area contributed by atoms with E-state index in [9.17, 15) is 14.9 Å². The van der Waals surface area contributed by atoms with E-state index in [0.29, 0.717) is 17.6 Å². The van der Waals surface area contributed by atoms with Crippen molar-refractivity contribution in [2.24, 2.45) is 11.8 Å². The van der Waals surface area contributed by atoms with E-state index in [-0.39, 0.29) is 17.6 Å². The second kappa shape index (κ2) is 7.44. The number of nitrogens with one attached hydrogen (secondary N) is 1. The molecular formula is C17H24N2O4. The van der Waals surface area contributed by atoms with Crippen molar-refractivity contribution in [1.82, 2.24) is 5.32 Å². The summed E-state index contributed by atoms with van der Waals surface area (Å²) in [5.41, 5.74) is -0.000488. The molecule has 1 saturated carbocycles. The van der Waals surface area contributed by atoms with Gasteiger partial charge in [-0.3, -0.25) is 14.9 Å². The third-order valence-electron chi connectivity index (χ3n) is 4.76. The number of amides is 1. The van der Waals surface area contributed by atoms with Gasteiger partial charge in [0.2, 0.25) is 0 Å². The van der Waals surface area contributed by atoms with Gasteiger partial charge in [0.05, 0.1) is 4.92 Å². The molecule has 126 valence electrons. The molecule has 0 aromatic heterocycles. The summed E-state index contributed by atoms with van der Waals surface area (Å²) in [4.78, 5) is 22.5. The molecular weight excluding hydrogens is 296 g/mol. The number of non-ortho nitro benzene ring substituents is 1. The lowest BCUT2D eigenvalue weighted by Gasteiger charge is -2.35. The van der Waals surface area contributed by atoms with Gasteiger partial charge in [0.25, 0.3) is 11.6 Å². The van der Waals surface area contributed by atoms with E-state index in [1.807, 2.05) is 0 Å². The normalized spacial score (nSPS) is 25.4. The summed E-state index contributed by atoms with van der Waals surface area (Å²) in [7, 11) is 0. The molecule has 0 radical (unpaired) electrons. The quantitative estimate of drug-likeness (QED) is 0.666. The van der Waals surface area contributed by atoms with Gasteiger partial charge in [0, 0.05) is 18.2 Å². The molecule has 0 bridgehead atoms. The number of hydrogen-bond acceptors (Lipinski definition) is 4. The van der Waals surface area contributed by atoms with E-state index in [1.165, 1.54) is 30.7 Å². The zero-order valence-corrected chi connectivity index (χ0v) is 13.8. The number of ether oxygens (including phenoxy) is 1. The maximum absolute atomic E-state index is 12.3. The first-order valence-electron chi connectivity index (χ1n) is 8.10. The highest BCUT2D eigenvalue weighted by molar-refractivity contribution is 5.81. The van der Waals surface area contributed by atoms with Gasteiger partial charge in [-0.25, -0.2) is 0 Å². The third-order valence-corrected chi connectivity index (χ3v) is 4.76. The van der Waals surface area contributed by atoms with Crippen LogP contribution in [-0.4, -0.2) is 23.0 Å². The minimum absolute atomic E-state index is 0.000488. The fourth-order valence-electron chi connectivity index (χ4n) is 2.99. The molecule has 0 aliphatic heterocycles. The van der Waals surface area contributed by atoms with E-state index in [0.717, 1.165) is 12.8 Å². The predicted molar refractivity (Wildman–Crippen MR) is 87.3 cm³/mol. The Morgan fingerprint density at radius 3 is 2.57 bits per heavy atom. The Hall–Kier alpha value is -2.11. The van der Waals surface area contributed by atoms with Gasteiger partial charge in [-0.15, -0.1) is 0 Å². The topological polar surface area (TPSA) is 81.5 Å². The van der Waals surface area contributed by atoms with Gasteiger partial charge in [-0.05, 0) is 37.3 Å². The molecule has 6 heteroatoms. The predicted octanol–water partition coefficient (Wildman–Crippen LogP) is 3.30. The second-order valence-corrected chi connectivity index (χ2v) is 6.39. The van der Waals surface area contributed by atoms with Crippen LogP contribution in [0.3, 0.4) is 0 Å². The van der Waals surface area contributed by atoms with Crippen LogP contribution in [0.5, 0.6) is 5.75 Å². The summed E-state index contributed by atoms with van der Waals surface area (Å²) in [5.74, 6) is 1.37. The maximum atomic E-state index is 12.3. The summed E-state index contributed by atoms with van der Waals surface area (Å²) in [6.07, 6.45) is 2.71. The number of benzene rings is 1. The highest BCUT2D eigenvalue weighted by Gasteiger charge is 2.29. The Balaban J connectivity index is 1.90. The van der Waals surface area contributed by atoms with Crippen LogP contribution in [0.15, 0.2) is 24.3 Å². The standard InChI is InChI=1S/C17H24N2O4/c1-11-5-4-6-16(12(11)2)18-17(20)13(3)23-15-9-7-14(8-10-15)19(21)22/h7-13,16H,4-6H2,1-3H3,(H,18,20)/t11-,12+,13+,16-/m0/s1. The fraction of sp³-hybridized carbons (Fsp3) is 0.588. The fourth-order valence-corrected chi connectivity index (χ4v) is 2.99. The first kappa shape index (κ1) is 17.2. The number of nitro benzene ring substituents is 1. The number of nitrogens with zero attached hydrogens (tertiary/aromatic N) is 1. The molecule has 1 aliphatic carbocycles. The van der Waals surface area contributed by atoms with E-state index in [1.54, 1.807) is 6.92 Å². The van der Waals surface area contributed by atoms with Crippen molar-refractivity contribution in [2.75, 3.05) is 0 Å². The molecule has 1 aliphatic rings. The molecule has 0 unspecified atom stereocenters. The summed E-state index contributed by atoms with van der Waals surface area (Å²) >= 11 is 0. The Kier molecular flexibility index (Phi) is 5.58. The zero-order valence-electron chi connectivity index (χ0n) is 13.8. The molecule has 1 aromatic carbocycles. The van der Waals surface area contributed by atoms with Crippen molar-refractivity contribution in [3.8, 4) is 5.75 Å². The van der Waals surface area contributed by atoms with Crippen LogP contribution in [0.25, 0.3) is 0 Å². The van der Waals surface area contributed by atoms with E-state index in [2.05, 4.69) is 19.2 Å². The van der Waals surface area contributed by atoms with Crippen LogP contribution < -0.4 is 10.1 Å². The second-order valence-electron chi connectivity index (χ2n) is 6.39. The summed E-state index contributed by atoms with van der Waals surface area (Å²) in [5, 5.41) is 13.7. The summed E-state index contributed by atoms with van der Waals surface area (Å²) < 4.78 is 5.58. The average Bonchev–Trinajstić information content (AvgIpc) is 2.52. The monoisotopic (exact) mass is 320 g/mol. The van der Waals surface area contributed by atoms with Gasteiger partial charge >= 0.3 is 0 Å². The van der Waals surface area contributed by atoms with E-state index in [4.69, 9.17) is 4.74 Å². The molecule has 6 nitrogen and oxygen atoms in total. The lowest BCUT2D eigenvalue weighted by atomic mass is 9.78. The molecule has 1 aromatic rings. The maximum Gasteiger partial charge on any atom is 0.269 e. The SMILES string of the molecule is C[C@H]1[C@@H](NC(=O)[C@@H](C)Oc2ccc([N+](=O)[O-])cc2)CCC[C@@H]1C. The molecule has 23 heavy (non-hydrogen) atoms. The first-order chi connectivity index (χ1) is 10.9. The average molecular weight is 320 g/mol. The first-order valence-corrected chi connectivity index (χ1v) is 8.10. The van der Waals surface area contributed by atoms with Crippen LogP contribution in [0, 0.1) is 22.0 Å². The van der Waals surface area contributed by atoms with Crippen molar-refractivity contribution >= 4 is 11.6 Å². The van der Waals surface area contributed by atoms with Gasteiger partial charge < -0.3 is 10.1 Å². The third kappa shape index (κ3) is 4.43. The zero-order chi connectivity index (χ0) is 17.0. The number of rotatable bonds is 5. The molecule has 1 fully saturated rings. The summed E-state index contributed by atoms with van der Waals surface area (Å²) in [6.45, 7) is 6.09. The minimum atomic E-state index is -0.638. The molecule has 0 heterocycles. The molecule has 2 rings (SSSR count). The van der Waals surface area contributed by atoms with Crippen molar-refractivity contribution in [3.05, 3.63) is 34.4 Å². The van der Waals surface area contributed by atoms with Gasteiger partial charge in [-0.1, -0.05) is 26.7 Å². The van der Waals surface area contributed by atoms with Gasteiger partial charge in [0.1, 0.15) is 5.75 Å². The molecule has 1 N–H and O–H groups in total. The van der Waals surface area contributed by atoms with E-state index < -0.39 is 11.0 Å². The lowest BCUT2D eigenvalue weighted by molar-refractivity contribution is -0.384. The largest absolute Gasteiger partial charge is 0.481 e. The number of carbonyl (C=O) groups is 1. The van der Waals surface area contributed by atoms with E-state index >= 15 is 0 Å². The Morgan fingerprint density at radius 2 is 1.96 bits per heavy atom. The number of carbonyl (C=O) groups excluding carboxylic acids is 1. The Morgan fingerprint density at radius 1 is 1.30 bits per heavy atom. The number of hydrogen-bond donors (Lipinski definition) is 1. The van der Waals surface area contributed by atoms with Crippen LogP contribution in [0.2, 0.25) is 0 Å². The molecule has 4 atom stereocenters. The molecule has 0 saturated heterocycles.